The van der Waals surface area contributed by atoms with E-state index < -0.39 is 0 Å². The molecule has 0 fully saturated rings. The molecule has 10 aromatic rings. The first-order valence-electron chi connectivity index (χ1n) is 15.1. The molecule has 10 rings (SSSR count). The van der Waals surface area contributed by atoms with Crippen molar-refractivity contribution >= 4 is 65.7 Å². The highest BCUT2D eigenvalue weighted by Crippen LogP contribution is 2.42. The second-order valence-electron chi connectivity index (χ2n) is 11.4. The largest absolute Gasteiger partial charge is 0.437 e. The number of hydrogen-bond donors (Lipinski definition) is 0. The zero-order valence-corrected chi connectivity index (χ0v) is 24.1. The van der Waals surface area contributed by atoms with Gasteiger partial charge in [0.05, 0.1) is 33.1 Å². The van der Waals surface area contributed by atoms with Gasteiger partial charge in [-0.15, -0.1) is 0 Å². The van der Waals surface area contributed by atoms with Crippen LogP contribution in [0.5, 0.6) is 0 Å². The average molecular weight is 577 g/mol. The van der Waals surface area contributed by atoms with Gasteiger partial charge in [-0.3, -0.25) is 4.57 Å². The molecule has 0 amide bonds. The van der Waals surface area contributed by atoms with Crippen molar-refractivity contribution < 1.29 is 4.42 Å². The van der Waals surface area contributed by atoms with Gasteiger partial charge in [-0.1, -0.05) is 109 Å². The second-order valence-corrected chi connectivity index (χ2v) is 11.4. The summed E-state index contributed by atoms with van der Waals surface area (Å²) in [6.45, 7) is 0. The van der Waals surface area contributed by atoms with Crippen LogP contribution in [0.15, 0.2) is 150 Å². The molecule has 0 saturated carbocycles. The van der Waals surface area contributed by atoms with E-state index in [0.717, 1.165) is 55.1 Å². The van der Waals surface area contributed by atoms with Crippen LogP contribution >= 0.6 is 0 Å². The molecular formula is C40H24N4O. The molecule has 0 aliphatic heterocycles. The van der Waals surface area contributed by atoms with Crippen LogP contribution in [-0.4, -0.2) is 19.1 Å². The Hall–Kier alpha value is -6.20. The Morgan fingerprint density at radius 1 is 0.444 bits per heavy atom. The van der Waals surface area contributed by atoms with Crippen molar-refractivity contribution in [2.75, 3.05) is 0 Å². The predicted octanol–water partition coefficient (Wildman–Crippen LogP) is 10.2. The summed E-state index contributed by atoms with van der Waals surface area (Å²) in [5.74, 6) is 0.577. The van der Waals surface area contributed by atoms with Gasteiger partial charge in [-0.2, -0.15) is 4.98 Å². The second kappa shape index (κ2) is 9.15. The molecule has 0 N–H and O–H groups in total. The zero-order chi connectivity index (χ0) is 29.5. The molecule has 0 unspecified atom stereocenters. The summed E-state index contributed by atoms with van der Waals surface area (Å²) >= 11 is 0. The van der Waals surface area contributed by atoms with Gasteiger partial charge in [0.15, 0.2) is 0 Å². The summed E-state index contributed by atoms with van der Waals surface area (Å²) in [6.07, 6.45) is 0. The molecule has 4 aromatic heterocycles. The molecule has 0 bridgehead atoms. The van der Waals surface area contributed by atoms with Gasteiger partial charge in [0, 0.05) is 38.2 Å². The number of nitrogens with zero attached hydrogens (tertiary/aromatic N) is 4. The SMILES string of the molecule is c1ccc(-c2nc(-n3c4ccccc4c4c3ccc3c5ccccc5n(-c5ccccc5)c34)nc3oc4ccccc4c23)cc1. The maximum atomic E-state index is 6.40. The topological polar surface area (TPSA) is 48.8 Å². The molecular weight excluding hydrogens is 552 g/mol. The van der Waals surface area contributed by atoms with Crippen molar-refractivity contribution in [2.24, 2.45) is 0 Å². The van der Waals surface area contributed by atoms with E-state index >= 15 is 0 Å². The van der Waals surface area contributed by atoms with Crippen molar-refractivity contribution in [3.8, 4) is 22.9 Å². The van der Waals surface area contributed by atoms with Gasteiger partial charge in [0.25, 0.3) is 0 Å². The average Bonchev–Trinajstić information content (AvgIpc) is 3.76. The molecule has 0 atom stereocenters. The molecule has 210 valence electrons. The lowest BCUT2D eigenvalue weighted by atomic mass is 10.1. The van der Waals surface area contributed by atoms with E-state index in [4.69, 9.17) is 14.4 Å². The Bertz CT molecular complexity index is 2750. The van der Waals surface area contributed by atoms with Crippen LogP contribution in [-0.2, 0) is 0 Å². The van der Waals surface area contributed by atoms with E-state index in [9.17, 15) is 0 Å². The third kappa shape index (κ3) is 3.38. The van der Waals surface area contributed by atoms with Gasteiger partial charge < -0.3 is 8.98 Å². The summed E-state index contributed by atoms with van der Waals surface area (Å²) in [7, 11) is 0. The number of hydrogen-bond acceptors (Lipinski definition) is 3. The van der Waals surface area contributed by atoms with Crippen molar-refractivity contribution in [2.45, 2.75) is 0 Å². The minimum atomic E-state index is 0.575. The third-order valence-electron chi connectivity index (χ3n) is 8.96. The van der Waals surface area contributed by atoms with Gasteiger partial charge in [-0.05, 0) is 36.4 Å². The third-order valence-corrected chi connectivity index (χ3v) is 8.96. The predicted molar refractivity (Wildman–Crippen MR) is 183 cm³/mol. The van der Waals surface area contributed by atoms with Crippen LogP contribution in [0.2, 0.25) is 0 Å². The highest BCUT2D eigenvalue weighted by atomic mass is 16.3. The van der Waals surface area contributed by atoms with E-state index in [0.29, 0.717) is 11.7 Å². The number of rotatable bonds is 3. The summed E-state index contributed by atoms with van der Waals surface area (Å²) < 4.78 is 11.0. The van der Waals surface area contributed by atoms with Crippen LogP contribution < -0.4 is 0 Å². The fraction of sp³-hybridized carbons (Fsp3) is 0. The normalized spacial score (nSPS) is 12.0. The minimum absolute atomic E-state index is 0.575. The summed E-state index contributed by atoms with van der Waals surface area (Å²) in [6, 6.07) is 50.7. The number of para-hydroxylation sites is 4. The smallest absolute Gasteiger partial charge is 0.238 e. The van der Waals surface area contributed by atoms with E-state index in [2.05, 4.69) is 118 Å². The van der Waals surface area contributed by atoms with E-state index in [1.807, 2.05) is 36.4 Å². The molecule has 5 heteroatoms. The fourth-order valence-electron chi connectivity index (χ4n) is 7.09. The van der Waals surface area contributed by atoms with Crippen molar-refractivity contribution in [3.63, 3.8) is 0 Å². The molecule has 45 heavy (non-hydrogen) atoms. The summed E-state index contributed by atoms with van der Waals surface area (Å²) in [5, 5.41) is 6.68. The van der Waals surface area contributed by atoms with Gasteiger partial charge in [-0.25, -0.2) is 4.98 Å². The Morgan fingerprint density at radius 3 is 1.89 bits per heavy atom. The lowest BCUT2D eigenvalue weighted by molar-refractivity contribution is 0.651. The van der Waals surface area contributed by atoms with Crippen molar-refractivity contribution in [1.29, 1.82) is 0 Å². The Kier molecular flexibility index (Phi) is 4.93. The molecule has 6 aromatic carbocycles. The molecule has 4 heterocycles. The monoisotopic (exact) mass is 576 g/mol. The highest BCUT2D eigenvalue weighted by Gasteiger charge is 2.23. The van der Waals surface area contributed by atoms with E-state index in [1.165, 1.54) is 21.8 Å². The van der Waals surface area contributed by atoms with Gasteiger partial charge in [0.1, 0.15) is 5.58 Å². The zero-order valence-electron chi connectivity index (χ0n) is 24.1. The first kappa shape index (κ1) is 24.3. The first-order chi connectivity index (χ1) is 22.3. The molecule has 0 aliphatic rings. The van der Waals surface area contributed by atoms with Crippen molar-refractivity contribution in [3.05, 3.63) is 146 Å². The Balaban J connectivity index is 1.38. The maximum absolute atomic E-state index is 6.40. The molecule has 0 aliphatic carbocycles. The van der Waals surface area contributed by atoms with Crippen LogP contribution in [0.3, 0.4) is 0 Å². The van der Waals surface area contributed by atoms with Crippen LogP contribution in [0.25, 0.3) is 88.6 Å². The number of aromatic nitrogens is 4. The molecule has 0 saturated heterocycles. The lowest BCUT2D eigenvalue weighted by Gasteiger charge is -2.10. The van der Waals surface area contributed by atoms with Crippen LogP contribution in [0.4, 0.5) is 0 Å². The van der Waals surface area contributed by atoms with Gasteiger partial charge >= 0.3 is 0 Å². The number of fused-ring (bicyclic) bond motifs is 10. The molecule has 0 spiro atoms. The first-order valence-corrected chi connectivity index (χ1v) is 15.1. The lowest BCUT2D eigenvalue weighted by Crippen LogP contribution is -2.03. The molecule has 0 radical (unpaired) electrons. The summed E-state index contributed by atoms with van der Waals surface area (Å²) in [5.41, 5.74) is 8.79. The standard InChI is InChI=1S/C40H24N4O/c1-3-13-25(14-4-1)37-36-30-19-9-12-22-34(30)45-39(36)42-40(41-37)44-32-21-11-8-18-29(32)35-33(44)24-23-28-27-17-7-10-20-31(27)43(38(28)35)26-15-5-2-6-16-26/h1-24H. The van der Waals surface area contributed by atoms with Crippen LogP contribution in [0.1, 0.15) is 0 Å². The number of furan rings is 1. The maximum Gasteiger partial charge on any atom is 0.238 e. The Morgan fingerprint density at radius 2 is 1.09 bits per heavy atom. The van der Waals surface area contributed by atoms with E-state index in [-0.39, 0.29) is 0 Å². The Labute approximate surface area is 257 Å². The highest BCUT2D eigenvalue weighted by molar-refractivity contribution is 6.26. The quantitative estimate of drug-likeness (QED) is 0.210. The van der Waals surface area contributed by atoms with Crippen molar-refractivity contribution in [1.82, 2.24) is 19.1 Å². The fourth-order valence-corrected chi connectivity index (χ4v) is 7.09. The minimum Gasteiger partial charge on any atom is -0.437 e. The van der Waals surface area contributed by atoms with Gasteiger partial charge in [0.2, 0.25) is 11.7 Å². The number of benzene rings is 6. The molecule has 5 nitrogen and oxygen atoms in total. The summed E-state index contributed by atoms with van der Waals surface area (Å²) in [4.78, 5) is 10.4. The van der Waals surface area contributed by atoms with E-state index in [1.54, 1.807) is 0 Å². The van der Waals surface area contributed by atoms with Crippen LogP contribution in [0, 0.1) is 0 Å².